The Morgan fingerprint density at radius 1 is 1.50 bits per heavy atom. The van der Waals surface area contributed by atoms with Crippen LogP contribution in [0.4, 0.5) is 8.78 Å². The van der Waals surface area contributed by atoms with Crippen molar-refractivity contribution in [3.05, 3.63) is 21.9 Å². The highest BCUT2D eigenvalue weighted by Crippen LogP contribution is 2.29. The number of alkyl halides is 2. The van der Waals surface area contributed by atoms with Crippen molar-refractivity contribution in [2.24, 2.45) is 5.73 Å². The predicted octanol–water partition coefficient (Wildman–Crippen LogP) is 2.50. The number of hydrogen-bond donors (Lipinski definition) is 1. The summed E-state index contributed by atoms with van der Waals surface area (Å²) < 4.78 is 24.9. The van der Waals surface area contributed by atoms with Gasteiger partial charge in [0, 0.05) is 0 Å². The molecule has 4 heteroatoms. The molecule has 1 atom stereocenters. The highest BCUT2D eigenvalue weighted by Gasteiger charge is 2.33. The molecule has 0 aliphatic carbocycles. The highest BCUT2D eigenvalue weighted by molar-refractivity contribution is 7.08. The standard InChI is InChI=1S/C8H11F2NS/c1-5-3-12-4-6(5)8(2,11)7(9)10/h3-4,7H,11H2,1-2H3. The molecule has 1 heterocycles. The molecule has 0 fully saturated rings. The minimum absolute atomic E-state index is 0.544. The summed E-state index contributed by atoms with van der Waals surface area (Å²) in [6.45, 7) is 3.14. The Kier molecular flexibility index (Phi) is 2.49. The molecule has 2 N–H and O–H groups in total. The molecule has 0 amide bonds. The molecule has 1 aromatic rings. The fourth-order valence-electron chi connectivity index (χ4n) is 1.03. The molecule has 1 unspecified atom stereocenters. The summed E-state index contributed by atoms with van der Waals surface area (Å²) in [7, 11) is 0. The lowest BCUT2D eigenvalue weighted by Gasteiger charge is -2.23. The van der Waals surface area contributed by atoms with E-state index in [0.29, 0.717) is 5.56 Å². The van der Waals surface area contributed by atoms with Crippen LogP contribution in [0.1, 0.15) is 18.1 Å². The minimum atomic E-state index is -2.52. The second-order valence-corrected chi connectivity index (χ2v) is 3.80. The van der Waals surface area contributed by atoms with Crippen molar-refractivity contribution in [1.29, 1.82) is 0 Å². The number of hydrogen-bond acceptors (Lipinski definition) is 2. The van der Waals surface area contributed by atoms with Crippen LogP contribution in [0.3, 0.4) is 0 Å². The molecule has 0 radical (unpaired) electrons. The van der Waals surface area contributed by atoms with Crippen molar-refractivity contribution in [3.63, 3.8) is 0 Å². The van der Waals surface area contributed by atoms with Gasteiger partial charge in [0.05, 0.1) is 0 Å². The lowest BCUT2D eigenvalue weighted by Crippen LogP contribution is -2.40. The molecule has 0 saturated heterocycles. The predicted molar refractivity (Wildman–Crippen MR) is 46.6 cm³/mol. The maximum absolute atomic E-state index is 12.4. The third-order valence-corrected chi connectivity index (χ3v) is 2.75. The van der Waals surface area contributed by atoms with Gasteiger partial charge in [-0.15, -0.1) is 0 Å². The molecule has 68 valence electrons. The second kappa shape index (κ2) is 3.11. The summed E-state index contributed by atoms with van der Waals surface area (Å²) in [5.41, 5.74) is 5.36. The van der Waals surface area contributed by atoms with Gasteiger partial charge in [-0.25, -0.2) is 8.78 Å². The minimum Gasteiger partial charge on any atom is -0.317 e. The molecule has 1 aromatic heterocycles. The lowest BCUT2D eigenvalue weighted by molar-refractivity contribution is 0.0624. The van der Waals surface area contributed by atoms with Crippen LogP contribution < -0.4 is 5.73 Å². The van der Waals surface area contributed by atoms with E-state index in [-0.39, 0.29) is 0 Å². The smallest absolute Gasteiger partial charge is 0.260 e. The van der Waals surface area contributed by atoms with Crippen LogP contribution in [0.15, 0.2) is 10.8 Å². The first-order valence-electron chi connectivity index (χ1n) is 3.56. The zero-order chi connectivity index (χ0) is 9.35. The molecule has 0 saturated carbocycles. The van der Waals surface area contributed by atoms with E-state index in [4.69, 9.17) is 5.73 Å². The number of rotatable bonds is 2. The van der Waals surface area contributed by atoms with Gasteiger partial charge in [-0.2, -0.15) is 11.3 Å². The Labute approximate surface area is 74.2 Å². The topological polar surface area (TPSA) is 26.0 Å². The second-order valence-electron chi connectivity index (χ2n) is 3.05. The summed E-state index contributed by atoms with van der Waals surface area (Å²) in [5, 5.41) is 3.50. The maximum Gasteiger partial charge on any atom is 0.260 e. The molecular weight excluding hydrogens is 180 g/mol. The summed E-state index contributed by atoms with van der Waals surface area (Å²) >= 11 is 1.40. The van der Waals surface area contributed by atoms with E-state index in [1.54, 1.807) is 12.3 Å². The van der Waals surface area contributed by atoms with Crippen molar-refractivity contribution in [1.82, 2.24) is 0 Å². The SMILES string of the molecule is Cc1cscc1C(C)(N)C(F)F. The molecule has 1 rings (SSSR count). The molecule has 0 aromatic carbocycles. The Morgan fingerprint density at radius 2 is 2.08 bits per heavy atom. The van der Waals surface area contributed by atoms with Gasteiger partial charge in [-0.3, -0.25) is 0 Å². The Bertz CT molecular complexity index is 268. The number of halogens is 2. The summed E-state index contributed by atoms with van der Waals surface area (Å²) in [5.74, 6) is 0. The molecule has 0 aliphatic heterocycles. The van der Waals surface area contributed by atoms with Crippen molar-refractivity contribution >= 4 is 11.3 Å². The maximum atomic E-state index is 12.4. The van der Waals surface area contributed by atoms with Crippen LogP contribution in [-0.4, -0.2) is 6.43 Å². The van der Waals surface area contributed by atoms with Crippen molar-refractivity contribution in [2.45, 2.75) is 25.8 Å². The van der Waals surface area contributed by atoms with Gasteiger partial charge in [0.15, 0.2) is 0 Å². The van der Waals surface area contributed by atoms with E-state index in [1.165, 1.54) is 18.3 Å². The van der Waals surface area contributed by atoms with Crippen LogP contribution in [0.2, 0.25) is 0 Å². The highest BCUT2D eigenvalue weighted by atomic mass is 32.1. The van der Waals surface area contributed by atoms with Crippen LogP contribution in [-0.2, 0) is 5.54 Å². The van der Waals surface area contributed by atoms with E-state index in [2.05, 4.69) is 0 Å². The number of aryl methyl sites for hydroxylation is 1. The first-order chi connectivity index (χ1) is 5.46. The van der Waals surface area contributed by atoms with Crippen molar-refractivity contribution in [2.75, 3.05) is 0 Å². The summed E-state index contributed by atoms with van der Waals surface area (Å²) in [6.07, 6.45) is -2.52. The van der Waals surface area contributed by atoms with E-state index in [9.17, 15) is 8.78 Å². The molecule has 0 aliphatic rings. The van der Waals surface area contributed by atoms with Crippen LogP contribution in [0.25, 0.3) is 0 Å². The molecule has 12 heavy (non-hydrogen) atoms. The van der Waals surface area contributed by atoms with Crippen LogP contribution in [0, 0.1) is 6.92 Å². The molecule has 0 spiro atoms. The van der Waals surface area contributed by atoms with Gasteiger partial charge in [-0.1, -0.05) is 0 Å². The quantitative estimate of drug-likeness (QED) is 0.763. The molecule has 1 nitrogen and oxygen atoms in total. The van der Waals surface area contributed by atoms with E-state index >= 15 is 0 Å². The van der Waals surface area contributed by atoms with E-state index in [0.717, 1.165) is 5.56 Å². The average Bonchev–Trinajstić information content (AvgIpc) is 2.35. The van der Waals surface area contributed by atoms with Crippen molar-refractivity contribution < 1.29 is 8.78 Å². The number of thiophene rings is 1. The third kappa shape index (κ3) is 1.49. The third-order valence-electron chi connectivity index (χ3n) is 1.89. The fourth-order valence-corrected chi connectivity index (χ4v) is 2.00. The van der Waals surface area contributed by atoms with E-state index < -0.39 is 12.0 Å². The van der Waals surface area contributed by atoms with E-state index in [1.807, 2.05) is 5.38 Å². The largest absolute Gasteiger partial charge is 0.317 e. The Hall–Kier alpha value is -0.480. The van der Waals surface area contributed by atoms with Gasteiger partial charge in [0.2, 0.25) is 0 Å². The Morgan fingerprint density at radius 3 is 2.42 bits per heavy atom. The van der Waals surface area contributed by atoms with Crippen molar-refractivity contribution in [3.8, 4) is 0 Å². The van der Waals surface area contributed by atoms with Gasteiger partial charge < -0.3 is 5.73 Å². The summed E-state index contributed by atoms with van der Waals surface area (Å²) in [6, 6.07) is 0. The normalized spacial score (nSPS) is 16.5. The average molecular weight is 191 g/mol. The Balaban J connectivity index is 3.05. The molecule has 0 bridgehead atoms. The van der Waals surface area contributed by atoms with Gasteiger partial charge in [-0.05, 0) is 35.7 Å². The zero-order valence-corrected chi connectivity index (χ0v) is 7.79. The zero-order valence-electron chi connectivity index (χ0n) is 6.97. The first-order valence-corrected chi connectivity index (χ1v) is 4.51. The summed E-state index contributed by atoms with van der Waals surface area (Å²) in [4.78, 5) is 0. The number of nitrogens with two attached hydrogens (primary N) is 1. The lowest BCUT2D eigenvalue weighted by atomic mass is 9.94. The molecular formula is C8H11F2NS. The van der Waals surface area contributed by atoms with Gasteiger partial charge >= 0.3 is 0 Å². The van der Waals surface area contributed by atoms with Gasteiger partial charge in [0.1, 0.15) is 5.54 Å². The van der Waals surface area contributed by atoms with Crippen LogP contribution in [0.5, 0.6) is 0 Å². The van der Waals surface area contributed by atoms with Crippen LogP contribution >= 0.6 is 11.3 Å². The first kappa shape index (κ1) is 9.61. The monoisotopic (exact) mass is 191 g/mol. The fraction of sp³-hybridized carbons (Fsp3) is 0.500. The van der Waals surface area contributed by atoms with Gasteiger partial charge in [0.25, 0.3) is 6.43 Å².